The lowest BCUT2D eigenvalue weighted by molar-refractivity contribution is 0.237. The molecule has 0 saturated carbocycles. The second kappa shape index (κ2) is 10.5. The first-order valence-electron chi connectivity index (χ1n) is 11.3. The van der Waals surface area contributed by atoms with Crippen molar-refractivity contribution in [2.24, 2.45) is 4.99 Å². The van der Waals surface area contributed by atoms with E-state index >= 15 is 0 Å². The molecule has 31 heavy (non-hydrogen) atoms. The smallest absolute Gasteiger partial charge is 0.193 e. The molecule has 2 aliphatic heterocycles. The molecule has 0 radical (unpaired) electrons. The molecule has 2 saturated heterocycles. The van der Waals surface area contributed by atoms with E-state index in [1.165, 1.54) is 18.4 Å². The summed E-state index contributed by atoms with van der Waals surface area (Å²) in [6.07, 6.45) is 4.38. The molecule has 1 N–H and O–H groups in total. The number of nitrogens with one attached hydrogen (secondary N) is 1. The zero-order valence-corrected chi connectivity index (χ0v) is 18.7. The van der Waals surface area contributed by atoms with Crippen molar-refractivity contribution in [2.75, 3.05) is 64.9 Å². The summed E-state index contributed by atoms with van der Waals surface area (Å²) < 4.78 is 5.68. The van der Waals surface area contributed by atoms with Crippen molar-refractivity contribution < 1.29 is 4.74 Å². The summed E-state index contributed by atoms with van der Waals surface area (Å²) >= 11 is 0. The van der Waals surface area contributed by atoms with Crippen molar-refractivity contribution in [1.29, 1.82) is 0 Å². The first-order valence-corrected chi connectivity index (χ1v) is 11.3. The first-order chi connectivity index (χ1) is 15.3. The molecule has 0 aliphatic carbocycles. The molecular weight excluding hydrogens is 388 g/mol. The summed E-state index contributed by atoms with van der Waals surface area (Å²) in [4.78, 5) is 16.3. The van der Waals surface area contributed by atoms with Gasteiger partial charge in [-0.1, -0.05) is 24.3 Å². The molecular formula is C24H34N6O. The lowest BCUT2D eigenvalue weighted by Gasteiger charge is -2.38. The molecule has 4 rings (SSSR count). The van der Waals surface area contributed by atoms with Gasteiger partial charge in [0.2, 0.25) is 0 Å². The number of likely N-dealkylation sites (tertiary alicyclic amines) is 1. The minimum Gasteiger partial charge on any atom is -0.496 e. The Morgan fingerprint density at radius 2 is 1.77 bits per heavy atom. The summed E-state index contributed by atoms with van der Waals surface area (Å²) in [5.74, 6) is 2.98. The van der Waals surface area contributed by atoms with Crippen LogP contribution in [-0.2, 0) is 0 Å². The van der Waals surface area contributed by atoms with E-state index in [1.54, 1.807) is 7.11 Å². The van der Waals surface area contributed by atoms with Gasteiger partial charge in [0.1, 0.15) is 11.6 Å². The van der Waals surface area contributed by atoms with Gasteiger partial charge in [-0.25, -0.2) is 4.98 Å². The molecule has 3 heterocycles. The number of ether oxygens (including phenoxy) is 1. The molecule has 1 aromatic carbocycles. The normalized spacial score (nSPS) is 18.8. The molecule has 7 heteroatoms. The van der Waals surface area contributed by atoms with Crippen molar-refractivity contribution in [1.82, 2.24) is 20.1 Å². The highest BCUT2D eigenvalue weighted by Crippen LogP contribution is 2.31. The SMILES string of the molecule is CN=C(NCC(c1ccccc1OC)N1CCCC1)N1CCN(c2ccccn2)CC1. The predicted molar refractivity (Wildman–Crippen MR) is 126 cm³/mol. The van der Waals surface area contributed by atoms with Crippen LogP contribution in [0.15, 0.2) is 53.7 Å². The van der Waals surface area contributed by atoms with E-state index in [4.69, 9.17) is 4.74 Å². The number of hydrogen-bond donors (Lipinski definition) is 1. The van der Waals surface area contributed by atoms with E-state index in [0.717, 1.165) is 63.3 Å². The molecule has 0 bridgehead atoms. The van der Waals surface area contributed by atoms with E-state index in [9.17, 15) is 0 Å². The number of methoxy groups -OCH3 is 1. The molecule has 1 aromatic heterocycles. The Morgan fingerprint density at radius 1 is 1.03 bits per heavy atom. The van der Waals surface area contributed by atoms with Crippen molar-refractivity contribution in [3.63, 3.8) is 0 Å². The standard InChI is InChI=1S/C24H34N6O/c1-25-24(30-17-15-29(16-18-30)23-11-5-6-12-26-23)27-19-21(28-13-7-8-14-28)20-9-3-4-10-22(20)31-2/h3-6,9-12,21H,7-8,13-19H2,1-2H3,(H,25,27). The second-order valence-corrected chi connectivity index (χ2v) is 8.09. The minimum absolute atomic E-state index is 0.269. The summed E-state index contributed by atoms with van der Waals surface area (Å²) in [5, 5.41) is 3.67. The fraction of sp³-hybridized carbons (Fsp3) is 0.500. The van der Waals surface area contributed by atoms with Crippen LogP contribution in [0, 0.1) is 0 Å². The number of pyridine rings is 1. The second-order valence-electron chi connectivity index (χ2n) is 8.09. The van der Waals surface area contributed by atoms with Gasteiger partial charge in [-0.05, 0) is 44.1 Å². The van der Waals surface area contributed by atoms with Gasteiger partial charge in [0.05, 0.1) is 13.2 Å². The number of aromatic nitrogens is 1. The highest BCUT2D eigenvalue weighted by molar-refractivity contribution is 5.80. The molecule has 1 unspecified atom stereocenters. The Balaban J connectivity index is 1.40. The lowest BCUT2D eigenvalue weighted by atomic mass is 10.0. The molecule has 1 atom stereocenters. The van der Waals surface area contributed by atoms with Crippen LogP contribution in [0.25, 0.3) is 0 Å². The van der Waals surface area contributed by atoms with Crippen LogP contribution < -0.4 is 15.0 Å². The maximum atomic E-state index is 5.68. The zero-order valence-electron chi connectivity index (χ0n) is 18.7. The summed E-state index contributed by atoms with van der Waals surface area (Å²) in [7, 11) is 3.63. The van der Waals surface area contributed by atoms with Crippen molar-refractivity contribution in [3.05, 3.63) is 54.2 Å². The number of rotatable bonds is 6. The van der Waals surface area contributed by atoms with Crippen molar-refractivity contribution >= 4 is 11.8 Å². The van der Waals surface area contributed by atoms with Crippen molar-refractivity contribution in [2.45, 2.75) is 18.9 Å². The Hall–Kier alpha value is -2.80. The quantitative estimate of drug-likeness (QED) is 0.571. The Morgan fingerprint density at radius 3 is 2.45 bits per heavy atom. The predicted octanol–water partition coefficient (Wildman–Crippen LogP) is 2.62. The molecule has 0 amide bonds. The van der Waals surface area contributed by atoms with Gasteiger partial charge in [0.25, 0.3) is 0 Å². The zero-order chi connectivity index (χ0) is 21.5. The largest absolute Gasteiger partial charge is 0.496 e. The third-order valence-electron chi connectivity index (χ3n) is 6.30. The summed E-state index contributed by atoms with van der Waals surface area (Å²) in [6.45, 7) is 6.82. The van der Waals surface area contributed by atoms with E-state index in [-0.39, 0.29) is 6.04 Å². The van der Waals surface area contributed by atoms with Gasteiger partial charge in [0.15, 0.2) is 5.96 Å². The first kappa shape index (κ1) is 21.4. The highest BCUT2D eigenvalue weighted by Gasteiger charge is 2.27. The number of nitrogens with zero attached hydrogens (tertiary/aromatic N) is 5. The summed E-state index contributed by atoms with van der Waals surface area (Å²) in [5.41, 5.74) is 1.25. The molecule has 7 nitrogen and oxygen atoms in total. The molecule has 2 aliphatic rings. The van der Waals surface area contributed by atoms with Crippen LogP contribution >= 0.6 is 0 Å². The lowest BCUT2D eigenvalue weighted by Crippen LogP contribution is -2.53. The van der Waals surface area contributed by atoms with Gasteiger partial charge < -0.3 is 19.9 Å². The monoisotopic (exact) mass is 422 g/mol. The van der Waals surface area contributed by atoms with Gasteiger partial charge >= 0.3 is 0 Å². The van der Waals surface area contributed by atoms with E-state index in [1.807, 2.05) is 31.4 Å². The van der Waals surface area contributed by atoms with Crippen LogP contribution in [-0.4, -0.2) is 80.7 Å². The topological polar surface area (TPSA) is 56.2 Å². The number of para-hydroxylation sites is 1. The van der Waals surface area contributed by atoms with E-state index in [2.05, 4.69) is 54.3 Å². The van der Waals surface area contributed by atoms with Gasteiger partial charge in [0, 0.05) is 51.5 Å². The van der Waals surface area contributed by atoms with Gasteiger partial charge in [-0.15, -0.1) is 0 Å². The van der Waals surface area contributed by atoms with Crippen molar-refractivity contribution in [3.8, 4) is 5.75 Å². The average molecular weight is 423 g/mol. The summed E-state index contributed by atoms with van der Waals surface area (Å²) in [6, 6.07) is 14.8. The van der Waals surface area contributed by atoms with Crippen LogP contribution in [0.4, 0.5) is 5.82 Å². The molecule has 166 valence electrons. The third-order valence-corrected chi connectivity index (χ3v) is 6.30. The Kier molecular flexibility index (Phi) is 7.25. The molecule has 2 aromatic rings. The fourth-order valence-electron chi connectivity index (χ4n) is 4.64. The van der Waals surface area contributed by atoms with E-state index in [0.29, 0.717) is 0 Å². The van der Waals surface area contributed by atoms with E-state index < -0.39 is 0 Å². The maximum absolute atomic E-state index is 5.68. The van der Waals surface area contributed by atoms with Crippen LogP contribution in [0.2, 0.25) is 0 Å². The Labute approximate surface area is 185 Å². The minimum atomic E-state index is 0.269. The highest BCUT2D eigenvalue weighted by atomic mass is 16.5. The average Bonchev–Trinajstić information content (AvgIpc) is 3.37. The number of piperazine rings is 1. The maximum Gasteiger partial charge on any atom is 0.193 e. The fourth-order valence-corrected chi connectivity index (χ4v) is 4.64. The van der Waals surface area contributed by atoms with Crippen LogP contribution in [0.3, 0.4) is 0 Å². The number of benzene rings is 1. The number of aliphatic imine (C=N–C) groups is 1. The number of anilines is 1. The van der Waals surface area contributed by atoms with Crippen LogP contribution in [0.1, 0.15) is 24.4 Å². The Bertz CT molecular complexity index is 844. The number of hydrogen-bond acceptors (Lipinski definition) is 5. The molecule has 0 spiro atoms. The van der Waals surface area contributed by atoms with Gasteiger partial charge in [-0.3, -0.25) is 9.89 Å². The third kappa shape index (κ3) is 5.10. The number of guanidine groups is 1. The van der Waals surface area contributed by atoms with Gasteiger partial charge in [-0.2, -0.15) is 0 Å². The molecule has 2 fully saturated rings. The van der Waals surface area contributed by atoms with Crippen LogP contribution in [0.5, 0.6) is 5.75 Å².